The molecule has 0 aliphatic carbocycles. The van der Waals surface area contributed by atoms with Crippen molar-refractivity contribution < 1.29 is 22.3 Å². The van der Waals surface area contributed by atoms with E-state index in [1.165, 1.54) is 0 Å². The highest BCUT2D eigenvalue weighted by Crippen LogP contribution is 2.29. The van der Waals surface area contributed by atoms with Gasteiger partial charge in [0.1, 0.15) is 11.9 Å². The molecule has 0 radical (unpaired) electrons. The Labute approximate surface area is 74.0 Å². The van der Waals surface area contributed by atoms with Crippen molar-refractivity contribution in [2.24, 2.45) is 0 Å². The molecule has 1 aromatic heterocycles. The predicted octanol–water partition coefficient (Wildman–Crippen LogP) is 1.13. The monoisotopic (exact) mass is 215 g/mol. The maximum absolute atomic E-state index is 12.0. The lowest BCUT2D eigenvalue weighted by Crippen LogP contribution is -2.13. The number of aromatic amines is 1. The fraction of sp³-hybridized carbons (Fsp3) is 0.250. The number of hydrogen-bond acceptors (Lipinski definition) is 4. The summed E-state index contributed by atoms with van der Waals surface area (Å²) >= 11 is 4.57. The molecule has 9 heteroatoms. The van der Waals surface area contributed by atoms with Gasteiger partial charge in [0.15, 0.2) is 0 Å². The van der Waals surface area contributed by atoms with Crippen LogP contribution < -0.4 is 0 Å². The molecule has 5 nitrogen and oxygen atoms in total. The number of rotatable bonds is 1. The van der Waals surface area contributed by atoms with Gasteiger partial charge in [0.05, 0.1) is 0 Å². The average molecular weight is 216 g/mol. The van der Waals surface area contributed by atoms with Gasteiger partial charge >= 0.3 is 12.1 Å². The van der Waals surface area contributed by atoms with Gasteiger partial charge in [0.2, 0.25) is 11.4 Å². The van der Waals surface area contributed by atoms with Crippen molar-refractivity contribution in [3.8, 4) is 0 Å². The second-order valence-corrected chi connectivity index (χ2v) is 2.04. The van der Waals surface area contributed by atoms with E-state index in [-0.39, 0.29) is 0 Å². The standard InChI is InChI=1S/C4HClF3N3O2/c5-13-3(12)1-2(4(6,7)8)10-11-9-1/h(H,9,10,11). The van der Waals surface area contributed by atoms with E-state index in [1.807, 2.05) is 0 Å². The summed E-state index contributed by atoms with van der Waals surface area (Å²) < 4.78 is 39.6. The summed E-state index contributed by atoms with van der Waals surface area (Å²) in [6.45, 7) is 0. The lowest BCUT2D eigenvalue weighted by Gasteiger charge is -2.01. The molecule has 1 N–H and O–H groups in total. The smallest absolute Gasteiger partial charge is 0.342 e. The summed E-state index contributed by atoms with van der Waals surface area (Å²) in [5.74, 6) is -1.41. The Kier molecular flexibility index (Phi) is 2.41. The Morgan fingerprint density at radius 2 is 2.08 bits per heavy atom. The molecule has 1 rings (SSSR count). The third-order valence-corrected chi connectivity index (χ3v) is 1.22. The summed E-state index contributed by atoms with van der Waals surface area (Å²) in [6, 6.07) is 0. The van der Waals surface area contributed by atoms with Crippen LogP contribution in [0.1, 0.15) is 16.2 Å². The van der Waals surface area contributed by atoms with Crippen LogP contribution in [-0.4, -0.2) is 21.4 Å². The molecule has 72 valence electrons. The third kappa shape index (κ3) is 1.89. The first-order valence-corrected chi connectivity index (χ1v) is 3.08. The number of halogens is 4. The zero-order valence-electron chi connectivity index (χ0n) is 5.72. The number of hydrogen-bond donors (Lipinski definition) is 1. The van der Waals surface area contributed by atoms with Crippen molar-refractivity contribution in [1.29, 1.82) is 0 Å². The van der Waals surface area contributed by atoms with E-state index in [9.17, 15) is 18.0 Å². The first-order valence-electron chi connectivity index (χ1n) is 2.77. The molecule has 1 heterocycles. The molecule has 0 amide bonds. The second kappa shape index (κ2) is 3.21. The highest BCUT2D eigenvalue weighted by atomic mass is 35.5. The topological polar surface area (TPSA) is 67.9 Å². The Hall–Kier alpha value is -1.31. The Balaban J connectivity index is 3.10. The van der Waals surface area contributed by atoms with Gasteiger partial charge in [-0.05, 0) is 0 Å². The van der Waals surface area contributed by atoms with Crippen LogP contribution in [0, 0.1) is 0 Å². The highest BCUT2D eigenvalue weighted by Gasteiger charge is 2.40. The number of aromatic nitrogens is 3. The summed E-state index contributed by atoms with van der Waals surface area (Å²) in [5, 5.41) is 7.31. The van der Waals surface area contributed by atoms with Crippen molar-refractivity contribution in [3.05, 3.63) is 11.4 Å². The van der Waals surface area contributed by atoms with Crippen LogP contribution in [0.3, 0.4) is 0 Å². The quantitative estimate of drug-likeness (QED) is 0.763. The number of nitrogens with zero attached hydrogens (tertiary/aromatic N) is 2. The molecule has 0 aromatic carbocycles. The fourth-order valence-electron chi connectivity index (χ4n) is 0.607. The minimum atomic E-state index is -4.77. The lowest BCUT2D eigenvalue weighted by molar-refractivity contribution is -0.141. The van der Waals surface area contributed by atoms with Gasteiger partial charge in [-0.2, -0.15) is 23.5 Å². The number of alkyl halides is 3. The Bertz CT molecular complexity index is 323. The van der Waals surface area contributed by atoms with Gasteiger partial charge in [-0.25, -0.2) is 4.79 Å². The maximum atomic E-state index is 12.0. The number of carbonyl (C=O) groups is 1. The van der Waals surface area contributed by atoms with Crippen molar-refractivity contribution in [1.82, 2.24) is 15.4 Å². The molecule has 0 aliphatic heterocycles. The Morgan fingerprint density at radius 1 is 1.46 bits per heavy atom. The Morgan fingerprint density at radius 3 is 2.54 bits per heavy atom. The van der Waals surface area contributed by atoms with Crippen LogP contribution in [-0.2, 0) is 10.5 Å². The number of nitrogens with one attached hydrogen (secondary N) is 1. The van der Waals surface area contributed by atoms with Crippen molar-refractivity contribution in [2.75, 3.05) is 0 Å². The predicted molar refractivity (Wildman–Crippen MR) is 32.7 cm³/mol. The fourth-order valence-corrected chi connectivity index (χ4v) is 0.680. The lowest BCUT2D eigenvalue weighted by atomic mass is 10.3. The van der Waals surface area contributed by atoms with Gasteiger partial charge < -0.3 is 4.29 Å². The van der Waals surface area contributed by atoms with Crippen LogP contribution in [0.15, 0.2) is 0 Å². The van der Waals surface area contributed by atoms with Crippen LogP contribution in [0.25, 0.3) is 0 Å². The highest BCUT2D eigenvalue weighted by molar-refractivity contribution is 6.15. The molecule has 0 unspecified atom stereocenters. The number of carbonyl (C=O) groups excluding carboxylic acids is 1. The normalized spacial score (nSPS) is 11.4. The summed E-state index contributed by atoms with van der Waals surface area (Å²) in [5.41, 5.74) is -2.46. The zero-order valence-corrected chi connectivity index (χ0v) is 6.48. The van der Waals surface area contributed by atoms with Gasteiger partial charge in [0, 0.05) is 0 Å². The molecule has 13 heavy (non-hydrogen) atoms. The van der Waals surface area contributed by atoms with Gasteiger partial charge in [-0.15, -0.1) is 5.10 Å². The van der Waals surface area contributed by atoms with Crippen molar-refractivity contribution >= 4 is 17.8 Å². The minimum absolute atomic E-state index is 0.998. The van der Waals surface area contributed by atoms with E-state index >= 15 is 0 Å². The van der Waals surface area contributed by atoms with Crippen LogP contribution in [0.2, 0.25) is 0 Å². The minimum Gasteiger partial charge on any atom is -0.342 e. The van der Waals surface area contributed by atoms with E-state index in [2.05, 4.69) is 26.4 Å². The second-order valence-electron chi connectivity index (χ2n) is 1.88. The van der Waals surface area contributed by atoms with Crippen LogP contribution in [0.4, 0.5) is 13.2 Å². The molecule has 0 aliphatic rings. The molecular weight excluding hydrogens is 215 g/mol. The molecule has 1 aromatic rings. The van der Waals surface area contributed by atoms with Gasteiger partial charge in [-0.1, -0.05) is 0 Å². The SMILES string of the molecule is O=C(OCl)c1n[nH]nc1C(F)(F)F. The zero-order chi connectivity index (χ0) is 10.1. The summed E-state index contributed by atoms with van der Waals surface area (Å²) in [6.07, 6.45) is -4.77. The summed E-state index contributed by atoms with van der Waals surface area (Å²) in [7, 11) is 0. The largest absolute Gasteiger partial charge is 0.437 e. The first-order chi connectivity index (χ1) is 5.96. The molecule has 0 spiro atoms. The van der Waals surface area contributed by atoms with Crippen molar-refractivity contribution in [2.45, 2.75) is 6.18 Å². The average Bonchev–Trinajstić information content (AvgIpc) is 2.49. The summed E-state index contributed by atoms with van der Waals surface area (Å²) in [4.78, 5) is 10.6. The first kappa shape index (κ1) is 9.78. The number of H-pyrrole nitrogens is 1. The molecular formula is C4HClF3N3O2. The molecule has 0 atom stereocenters. The van der Waals surface area contributed by atoms with E-state index < -0.39 is 23.5 Å². The van der Waals surface area contributed by atoms with Gasteiger partial charge in [-0.3, -0.25) is 0 Å². The maximum Gasteiger partial charge on any atom is 0.437 e. The van der Waals surface area contributed by atoms with E-state index in [0.717, 1.165) is 0 Å². The molecule has 0 saturated carbocycles. The third-order valence-electron chi connectivity index (χ3n) is 1.08. The van der Waals surface area contributed by atoms with Crippen LogP contribution >= 0.6 is 11.9 Å². The van der Waals surface area contributed by atoms with Crippen molar-refractivity contribution in [3.63, 3.8) is 0 Å². The molecule has 0 saturated heterocycles. The van der Waals surface area contributed by atoms with E-state index in [1.54, 1.807) is 5.21 Å². The van der Waals surface area contributed by atoms with E-state index in [0.29, 0.717) is 0 Å². The molecule has 0 bridgehead atoms. The van der Waals surface area contributed by atoms with Crippen LogP contribution in [0.5, 0.6) is 0 Å². The van der Waals surface area contributed by atoms with Gasteiger partial charge in [0.25, 0.3) is 0 Å². The van der Waals surface area contributed by atoms with E-state index in [4.69, 9.17) is 0 Å². The molecule has 0 fully saturated rings.